The Hall–Kier alpha value is -7.52. The molecule has 0 saturated carbocycles. The molecular formula is C58H49BN2O6. The molecule has 4 aliphatic heterocycles. The van der Waals surface area contributed by atoms with E-state index in [1.165, 1.54) is 11.1 Å². The molecule has 13 rings (SSSR count). The lowest BCUT2D eigenvalue weighted by atomic mass is 9.37. The van der Waals surface area contributed by atoms with Crippen molar-refractivity contribution in [3.8, 4) is 45.3 Å². The topological polar surface area (TPSA) is 69.7 Å². The number of nitrogens with zero attached hydrogens (tertiary/aromatic N) is 2. The fourth-order valence-corrected chi connectivity index (χ4v) is 10.6. The highest BCUT2D eigenvalue weighted by molar-refractivity contribution is 6.99. The average Bonchev–Trinajstić information content (AvgIpc) is 3.92. The zero-order valence-electron chi connectivity index (χ0n) is 38.5. The fourth-order valence-electron chi connectivity index (χ4n) is 10.6. The Morgan fingerprint density at radius 3 is 1.22 bits per heavy atom. The lowest BCUT2D eigenvalue weighted by molar-refractivity contribution is 0.172. The first kappa shape index (κ1) is 39.8. The predicted molar refractivity (Wildman–Crippen MR) is 270 cm³/mol. The molecule has 0 aliphatic carbocycles. The molecule has 7 aromatic carbocycles. The van der Waals surface area contributed by atoms with Gasteiger partial charge in [-0.25, -0.2) is 0 Å². The van der Waals surface area contributed by atoms with Gasteiger partial charge in [-0.3, -0.25) is 0 Å². The number of ether oxygens (including phenoxy) is 4. The maximum absolute atomic E-state index is 7.34. The summed E-state index contributed by atoms with van der Waals surface area (Å²) >= 11 is 0. The van der Waals surface area contributed by atoms with Crippen molar-refractivity contribution >= 4 is 79.6 Å². The Labute approximate surface area is 390 Å². The smallest absolute Gasteiger partial charge is 0.342 e. The van der Waals surface area contributed by atoms with Gasteiger partial charge < -0.3 is 37.6 Å². The normalized spacial score (nSPS) is 14.9. The van der Waals surface area contributed by atoms with Gasteiger partial charge in [0, 0.05) is 45.4 Å². The van der Waals surface area contributed by atoms with E-state index in [0.717, 1.165) is 107 Å². The second kappa shape index (κ2) is 14.5. The summed E-state index contributed by atoms with van der Waals surface area (Å²) in [4.78, 5) is 4.82. The zero-order valence-corrected chi connectivity index (χ0v) is 38.5. The largest absolute Gasteiger partial charge is 0.486 e. The van der Waals surface area contributed by atoms with E-state index in [4.69, 9.17) is 27.8 Å². The molecule has 6 heterocycles. The number of fused-ring (bicyclic) bond motifs is 10. The summed E-state index contributed by atoms with van der Waals surface area (Å²) in [6.45, 7) is 15.1. The van der Waals surface area contributed by atoms with E-state index < -0.39 is 6.71 Å². The minimum atomic E-state index is -0.408. The van der Waals surface area contributed by atoms with Crippen LogP contribution >= 0.6 is 0 Å². The molecule has 0 radical (unpaired) electrons. The van der Waals surface area contributed by atoms with Crippen LogP contribution in [0, 0.1) is 0 Å². The molecule has 0 N–H and O–H groups in total. The maximum atomic E-state index is 7.34. The second-order valence-corrected chi connectivity index (χ2v) is 20.1. The number of anilines is 6. The Bertz CT molecular complexity index is 3250. The molecular weight excluding hydrogens is 831 g/mol. The van der Waals surface area contributed by atoms with Crippen molar-refractivity contribution in [2.24, 2.45) is 0 Å². The molecule has 0 spiro atoms. The highest BCUT2D eigenvalue weighted by atomic mass is 16.6. The summed E-state index contributed by atoms with van der Waals surface area (Å²) in [5.41, 5.74) is 16.6. The van der Waals surface area contributed by atoms with Crippen LogP contribution in [-0.2, 0) is 10.8 Å². The summed E-state index contributed by atoms with van der Waals surface area (Å²) in [6.07, 6.45) is 0. The first-order chi connectivity index (χ1) is 32.5. The predicted octanol–water partition coefficient (Wildman–Crippen LogP) is 12.7. The highest BCUT2D eigenvalue weighted by Crippen LogP contribution is 2.54. The molecule has 8 nitrogen and oxygen atoms in total. The molecule has 9 aromatic rings. The lowest BCUT2D eigenvalue weighted by Crippen LogP contribution is -2.60. The van der Waals surface area contributed by atoms with Crippen molar-refractivity contribution in [1.82, 2.24) is 0 Å². The van der Waals surface area contributed by atoms with Crippen LogP contribution in [0.15, 0.2) is 148 Å². The van der Waals surface area contributed by atoms with Gasteiger partial charge in [-0.1, -0.05) is 120 Å². The number of furan rings is 2. The van der Waals surface area contributed by atoms with Gasteiger partial charge in [0.05, 0.1) is 22.7 Å². The number of hydrogen-bond acceptors (Lipinski definition) is 8. The molecule has 9 heteroatoms. The van der Waals surface area contributed by atoms with Crippen LogP contribution in [0.3, 0.4) is 0 Å². The second-order valence-electron chi connectivity index (χ2n) is 20.1. The summed E-state index contributed by atoms with van der Waals surface area (Å²) in [6, 6.07) is 49.7. The average molecular weight is 881 g/mol. The van der Waals surface area contributed by atoms with Crippen LogP contribution in [-0.4, -0.2) is 33.1 Å². The Balaban J connectivity index is 1.17. The summed E-state index contributed by atoms with van der Waals surface area (Å²) in [5.74, 6) is 2.87. The Morgan fingerprint density at radius 2 is 0.821 bits per heavy atom. The summed E-state index contributed by atoms with van der Waals surface area (Å²) in [5, 5.41) is 2.06. The van der Waals surface area contributed by atoms with Gasteiger partial charge in [0.1, 0.15) is 48.9 Å². The lowest BCUT2D eigenvalue weighted by Gasteiger charge is -2.41. The molecule has 67 heavy (non-hydrogen) atoms. The molecule has 0 fully saturated rings. The molecule has 2 aromatic heterocycles. The molecule has 0 amide bonds. The van der Waals surface area contributed by atoms with E-state index in [1.54, 1.807) is 0 Å². The van der Waals surface area contributed by atoms with Crippen molar-refractivity contribution in [2.45, 2.75) is 52.4 Å². The van der Waals surface area contributed by atoms with E-state index >= 15 is 0 Å². The van der Waals surface area contributed by atoms with Crippen molar-refractivity contribution in [1.29, 1.82) is 0 Å². The minimum absolute atomic E-state index is 0.114. The molecule has 0 saturated heterocycles. The maximum Gasteiger partial charge on any atom is 0.342 e. The van der Waals surface area contributed by atoms with E-state index in [-0.39, 0.29) is 10.8 Å². The van der Waals surface area contributed by atoms with Gasteiger partial charge in [-0.15, -0.1) is 0 Å². The van der Waals surface area contributed by atoms with Gasteiger partial charge in [0.15, 0.2) is 23.0 Å². The monoisotopic (exact) mass is 880 g/mol. The standard InChI is InChI=1S/C58H49BN2O6/c1-57(2,3)36-20-22-46-40(28-36)53-55(66-46)59-52-42(60(53)44-32-50-48(62-24-26-64-50)30-38(44)34-14-9-7-10-15-34)18-13-19-43(52)61(54-41-29-37(58(4,5)6)21-23-47(41)67-56(54)59)45-33-51-49(63-25-27-65-51)31-39(45)35-16-11-8-12-17-35/h7-23,28-33H,24-27H2,1-6H3. The molecule has 0 atom stereocenters. The van der Waals surface area contributed by atoms with E-state index in [1.807, 2.05) is 0 Å². The first-order valence-electron chi connectivity index (χ1n) is 23.3. The third-order valence-corrected chi connectivity index (χ3v) is 13.9. The molecule has 4 aliphatic rings. The van der Waals surface area contributed by atoms with Gasteiger partial charge in [-0.05, 0) is 87.1 Å². The van der Waals surface area contributed by atoms with E-state index in [2.05, 4.69) is 191 Å². The SMILES string of the molecule is CC(C)(C)c1ccc2oc3c(c2c1)N(c1cc2c(cc1-c1ccccc1)OCCO2)c1cccc2c1B3c1oc3ccc(C(C)(C)C)cc3c1N2c1cc2c(cc1-c1ccccc1)OCCO2. The van der Waals surface area contributed by atoms with Crippen LogP contribution in [0.4, 0.5) is 34.1 Å². The van der Waals surface area contributed by atoms with Crippen molar-refractivity contribution in [3.05, 3.63) is 151 Å². The Kier molecular flexibility index (Phi) is 8.61. The highest BCUT2D eigenvalue weighted by Gasteiger charge is 2.50. The third-order valence-electron chi connectivity index (χ3n) is 13.9. The summed E-state index contributed by atoms with van der Waals surface area (Å²) < 4.78 is 40.1. The number of rotatable bonds is 4. The van der Waals surface area contributed by atoms with Crippen molar-refractivity contribution < 1.29 is 27.8 Å². The number of benzene rings is 7. The first-order valence-corrected chi connectivity index (χ1v) is 23.3. The van der Waals surface area contributed by atoms with Gasteiger partial charge >= 0.3 is 6.71 Å². The van der Waals surface area contributed by atoms with Crippen LogP contribution in [0.25, 0.3) is 44.2 Å². The summed E-state index contributed by atoms with van der Waals surface area (Å²) in [7, 11) is 0. The fraction of sp³-hybridized carbons (Fsp3) is 0.207. The quantitative estimate of drug-likeness (QED) is 0.162. The van der Waals surface area contributed by atoms with E-state index in [9.17, 15) is 0 Å². The van der Waals surface area contributed by atoms with Gasteiger partial charge in [-0.2, -0.15) is 0 Å². The van der Waals surface area contributed by atoms with Crippen molar-refractivity contribution in [2.75, 3.05) is 36.2 Å². The van der Waals surface area contributed by atoms with Crippen LogP contribution < -0.4 is 45.5 Å². The molecule has 330 valence electrons. The van der Waals surface area contributed by atoms with Crippen molar-refractivity contribution in [3.63, 3.8) is 0 Å². The molecule has 0 bridgehead atoms. The third kappa shape index (κ3) is 6.13. The Morgan fingerprint density at radius 1 is 0.418 bits per heavy atom. The van der Waals surface area contributed by atoms with E-state index in [0.29, 0.717) is 37.9 Å². The van der Waals surface area contributed by atoms with Gasteiger partial charge in [0.2, 0.25) is 0 Å². The zero-order chi connectivity index (χ0) is 45.3. The van der Waals surface area contributed by atoms with Crippen LogP contribution in [0.1, 0.15) is 52.7 Å². The van der Waals surface area contributed by atoms with Gasteiger partial charge in [0.25, 0.3) is 0 Å². The molecule has 0 unspecified atom stereocenters. The van der Waals surface area contributed by atoms with Crippen LogP contribution in [0.5, 0.6) is 23.0 Å². The minimum Gasteiger partial charge on any atom is -0.486 e. The van der Waals surface area contributed by atoms with Crippen LogP contribution in [0.2, 0.25) is 0 Å². The number of hydrogen-bond donors (Lipinski definition) is 0.